The van der Waals surface area contributed by atoms with Gasteiger partial charge in [0.05, 0.1) is 6.20 Å². The summed E-state index contributed by atoms with van der Waals surface area (Å²) in [6.07, 6.45) is 3.54. The van der Waals surface area contributed by atoms with E-state index in [0.29, 0.717) is 6.04 Å². The van der Waals surface area contributed by atoms with Gasteiger partial charge in [-0.15, -0.1) is 5.10 Å². The summed E-state index contributed by atoms with van der Waals surface area (Å²) in [5.41, 5.74) is 2.29. The van der Waals surface area contributed by atoms with Crippen molar-refractivity contribution in [2.24, 2.45) is 0 Å². The second-order valence-electron chi connectivity index (χ2n) is 3.96. The first-order valence-electron chi connectivity index (χ1n) is 5.80. The maximum atomic E-state index is 4.36. The Morgan fingerprint density at radius 1 is 1.47 bits per heavy atom. The lowest BCUT2D eigenvalue weighted by Gasteiger charge is -2.11. The maximum absolute atomic E-state index is 4.36. The van der Waals surface area contributed by atoms with Crippen LogP contribution in [0.3, 0.4) is 0 Å². The van der Waals surface area contributed by atoms with Gasteiger partial charge in [-0.3, -0.25) is 0 Å². The zero-order valence-electron chi connectivity index (χ0n) is 10.4. The van der Waals surface area contributed by atoms with Gasteiger partial charge < -0.3 is 5.32 Å². The molecule has 0 amide bonds. The molecule has 0 radical (unpaired) electrons. The SMILES string of the molecule is CCNC(C)c1cnn(-c2cccnn2)c1C. The van der Waals surface area contributed by atoms with Crippen LogP contribution in [0.4, 0.5) is 0 Å². The molecule has 0 bridgehead atoms. The van der Waals surface area contributed by atoms with Gasteiger partial charge in [0.25, 0.3) is 0 Å². The number of hydrogen-bond acceptors (Lipinski definition) is 4. The van der Waals surface area contributed by atoms with E-state index in [0.717, 1.165) is 18.1 Å². The van der Waals surface area contributed by atoms with E-state index in [1.165, 1.54) is 5.56 Å². The number of nitrogens with zero attached hydrogens (tertiary/aromatic N) is 4. The highest BCUT2D eigenvalue weighted by Crippen LogP contribution is 2.18. The number of nitrogens with one attached hydrogen (secondary N) is 1. The molecule has 0 saturated carbocycles. The summed E-state index contributed by atoms with van der Waals surface area (Å²) in [6.45, 7) is 7.22. The quantitative estimate of drug-likeness (QED) is 0.869. The normalized spacial score (nSPS) is 12.6. The third-order valence-corrected chi connectivity index (χ3v) is 2.80. The number of aromatic nitrogens is 4. The highest BCUT2D eigenvalue weighted by atomic mass is 15.3. The van der Waals surface area contributed by atoms with Crippen LogP contribution in [-0.2, 0) is 0 Å². The van der Waals surface area contributed by atoms with E-state index >= 15 is 0 Å². The van der Waals surface area contributed by atoms with Gasteiger partial charge in [-0.1, -0.05) is 6.92 Å². The Morgan fingerprint density at radius 2 is 2.29 bits per heavy atom. The summed E-state index contributed by atoms with van der Waals surface area (Å²) in [5.74, 6) is 0.750. The third kappa shape index (κ3) is 2.34. The van der Waals surface area contributed by atoms with Crippen molar-refractivity contribution < 1.29 is 0 Å². The van der Waals surface area contributed by atoms with Crippen molar-refractivity contribution in [1.82, 2.24) is 25.3 Å². The molecule has 0 aliphatic carbocycles. The zero-order valence-corrected chi connectivity index (χ0v) is 10.4. The molecule has 2 aromatic heterocycles. The van der Waals surface area contributed by atoms with Crippen LogP contribution >= 0.6 is 0 Å². The molecule has 90 valence electrons. The monoisotopic (exact) mass is 231 g/mol. The molecule has 0 aliphatic heterocycles. The Morgan fingerprint density at radius 3 is 2.94 bits per heavy atom. The molecular weight excluding hydrogens is 214 g/mol. The van der Waals surface area contributed by atoms with Gasteiger partial charge in [0, 0.05) is 23.5 Å². The van der Waals surface area contributed by atoms with Crippen LogP contribution in [0.25, 0.3) is 5.82 Å². The third-order valence-electron chi connectivity index (χ3n) is 2.80. The second kappa shape index (κ2) is 5.05. The maximum Gasteiger partial charge on any atom is 0.175 e. The average molecular weight is 231 g/mol. The van der Waals surface area contributed by atoms with Crippen LogP contribution in [0.2, 0.25) is 0 Å². The fraction of sp³-hybridized carbons (Fsp3) is 0.417. The molecule has 2 rings (SSSR count). The largest absolute Gasteiger partial charge is 0.310 e. The summed E-state index contributed by atoms with van der Waals surface area (Å²) in [6, 6.07) is 4.05. The highest BCUT2D eigenvalue weighted by molar-refractivity contribution is 5.28. The molecule has 0 saturated heterocycles. The zero-order chi connectivity index (χ0) is 12.3. The van der Waals surface area contributed by atoms with Gasteiger partial charge in [-0.2, -0.15) is 10.2 Å². The molecule has 2 heterocycles. The van der Waals surface area contributed by atoms with Gasteiger partial charge in [0.15, 0.2) is 5.82 Å². The first-order chi connectivity index (χ1) is 8.24. The summed E-state index contributed by atoms with van der Waals surface area (Å²) >= 11 is 0. The van der Waals surface area contributed by atoms with E-state index in [1.54, 1.807) is 6.20 Å². The van der Waals surface area contributed by atoms with Gasteiger partial charge in [-0.05, 0) is 32.5 Å². The van der Waals surface area contributed by atoms with E-state index in [-0.39, 0.29) is 0 Å². The Balaban J connectivity index is 2.33. The lowest BCUT2D eigenvalue weighted by Crippen LogP contribution is -2.18. The van der Waals surface area contributed by atoms with Gasteiger partial charge in [0.1, 0.15) is 0 Å². The van der Waals surface area contributed by atoms with Crippen LogP contribution in [0.1, 0.15) is 31.1 Å². The molecule has 0 fully saturated rings. The van der Waals surface area contributed by atoms with Crippen molar-refractivity contribution in [1.29, 1.82) is 0 Å². The van der Waals surface area contributed by atoms with E-state index in [2.05, 4.69) is 34.5 Å². The predicted octanol–water partition coefficient (Wildman–Crippen LogP) is 1.64. The summed E-state index contributed by atoms with van der Waals surface area (Å²) in [7, 11) is 0. The van der Waals surface area contributed by atoms with Crippen molar-refractivity contribution in [2.45, 2.75) is 26.8 Å². The summed E-state index contributed by atoms with van der Waals surface area (Å²) in [5, 5.41) is 15.7. The number of rotatable bonds is 4. The molecule has 2 aromatic rings. The van der Waals surface area contributed by atoms with Crippen molar-refractivity contribution in [3.63, 3.8) is 0 Å². The van der Waals surface area contributed by atoms with Gasteiger partial charge in [-0.25, -0.2) is 4.68 Å². The first kappa shape index (κ1) is 11.7. The fourth-order valence-electron chi connectivity index (χ4n) is 1.90. The molecule has 1 atom stereocenters. The van der Waals surface area contributed by atoms with E-state index in [9.17, 15) is 0 Å². The van der Waals surface area contributed by atoms with E-state index in [4.69, 9.17) is 0 Å². The van der Waals surface area contributed by atoms with Gasteiger partial charge >= 0.3 is 0 Å². The standard InChI is InChI=1S/C12H17N5/c1-4-13-9(2)11-8-15-17(10(11)3)12-6-5-7-14-16-12/h5-9,13H,4H2,1-3H3. The van der Waals surface area contributed by atoms with E-state index in [1.807, 2.05) is 29.9 Å². The Hall–Kier alpha value is -1.75. The highest BCUT2D eigenvalue weighted by Gasteiger charge is 2.13. The smallest absolute Gasteiger partial charge is 0.175 e. The van der Waals surface area contributed by atoms with Crippen LogP contribution in [0, 0.1) is 6.92 Å². The molecule has 1 N–H and O–H groups in total. The Labute approximate surface area is 101 Å². The molecule has 1 unspecified atom stereocenters. The Kier molecular flexibility index (Phi) is 3.49. The first-order valence-corrected chi connectivity index (χ1v) is 5.80. The van der Waals surface area contributed by atoms with Crippen molar-refractivity contribution in [3.05, 3.63) is 35.8 Å². The van der Waals surface area contributed by atoms with Crippen LogP contribution in [-0.4, -0.2) is 26.5 Å². The van der Waals surface area contributed by atoms with Crippen molar-refractivity contribution >= 4 is 0 Å². The lowest BCUT2D eigenvalue weighted by atomic mass is 10.1. The molecule has 0 spiro atoms. The summed E-state index contributed by atoms with van der Waals surface area (Å²) < 4.78 is 1.82. The molecular formula is C12H17N5. The molecule has 5 nitrogen and oxygen atoms in total. The minimum absolute atomic E-state index is 0.297. The lowest BCUT2D eigenvalue weighted by molar-refractivity contribution is 0.594. The van der Waals surface area contributed by atoms with Crippen LogP contribution in [0.15, 0.2) is 24.5 Å². The fourth-order valence-corrected chi connectivity index (χ4v) is 1.90. The summed E-state index contributed by atoms with van der Waals surface area (Å²) in [4.78, 5) is 0. The van der Waals surface area contributed by atoms with Gasteiger partial charge in [0.2, 0.25) is 0 Å². The number of hydrogen-bond donors (Lipinski definition) is 1. The predicted molar refractivity (Wildman–Crippen MR) is 66.0 cm³/mol. The topological polar surface area (TPSA) is 55.6 Å². The second-order valence-corrected chi connectivity index (χ2v) is 3.96. The molecule has 0 aliphatic rings. The van der Waals surface area contributed by atoms with Crippen molar-refractivity contribution in [2.75, 3.05) is 6.54 Å². The average Bonchev–Trinajstić information content (AvgIpc) is 2.72. The Bertz CT molecular complexity index is 477. The van der Waals surface area contributed by atoms with Crippen LogP contribution in [0.5, 0.6) is 0 Å². The molecule has 0 aromatic carbocycles. The minimum Gasteiger partial charge on any atom is -0.310 e. The van der Waals surface area contributed by atoms with E-state index < -0.39 is 0 Å². The minimum atomic E-state index is 0.297. The molecule has 5 heteroatoms. The van der Waals surface area contributed by atoms with Crippen LogP contribution < -0.4 is 5.32 Å². The van der Waals surface area contributed by atoms with Crippen molar-refractivity contribution in [3.8, 4) is 5.82 Å². The molecule has 17 heavy (non-hydrogen) atoms.